The van der Waals surface area contributed by atoms with Crippen LogP contribution in [0.25, 0.3) is 0 Å². The highest BCUT2D eigenvalue weighted by atomic mass is 16.5. The Bertz CT molecular complexity index is 512. The first-order valence-corrected chi connectivity index (χ1v) is 7.56. The van der Waals surface area contributed by atoms with Crippen LogP contribution < -0.4 is 5.32 Å². The van der Waals surface area contributed by atoms with Gasteiger partial charge in [-0.2, -0.15) is 5.10 Å². The van der Waals surface area contributed by atoms with Crippen molar-refractivity contribution in [2.24, 2.45) is 12.0 Å². The molecule has 0 aromatic carbocycles. The van der Waals surface area contributed by atoms with Crippen molar-refractivity contribution in [2.45, 2.75) is 25.6 Å². The van der Waals surface area contributed by atoms with Gasteiger partial charge in [-0.15, -0.1) is 0 Å². The largest absolute Gasteiger partial charge is 0.377 e. The topological polar surface area (TPSA) is 63.9 Å². The van der Waals surface area contributed by atoms with Crippen LogP contribution in [0.4, 0.5) is 0 Å². The lowest BCUT2D eigenvalue weighted by molar-refractivity contribution is -0.00934. The number of aromatic nitrogens is 2. The quantitative estimate of drug-likeness (QED) is 0.658. The fraction of sp³-hybridized carbons (Fsp3) is 0.733. The average molecular weight is 309 g/mol. The summed E-state index contributed by atoms with van der Waals surface area (Å²) in [5.41, 5.74) is 0.866. The fourth-order valence-corrected chi connectivity index (χ4v) is 2.35. The zero-order chi connectivity index (χ0) is 16.2. The first kappa shape index (κ1) is 16.8. The molecule has 1 aromatic heterocycles. The SMILES string of the molecule is CN=C(NCC(C)(C)OC)N1CCOC(c2cnn(C)c2)C1. The van der Waals surface area contributed by atoms with Gasteiger partial charge in [0.1, 0.15) is 6.10 Å². The third-order valence-electron chi connectivity index (χ3n) is 3.90. The van der Waals surface area contributed by atoms with Crippen molar-refractivity contribution in [1.82, 2.24) is 20.0 Å². The molecule has 1 unspecified atom stereocenters. The molecule has 0 aliphatic carbocycles. The molecular formula is C15H27N5O2. The molecule has 1 aliphatic heterocycles. The minimum atomic E-state index is -0.231. The van der Waals surface area contributed by atoms with Crippen LogP contribution in [-0.4, -0.2) is 66.6 Å². The smallest absolute Gasteiger partial charge is 0.193 e. The van der Waals surface area contributed by atoms with Crippen LogP contribution in [0.3, 0.4) is 0 Å². The highest BCUT2D eigenvalue weighted by molar-refractivity contribution is 5.80. The predicted molar refractivity (Wildman–Crippen MR) is 85.9 cm³/mol. The molecule has 1 fully saturated rings. The molecular weight excluding hydrogens is 282 g/mol. The van der Waals surface area contributed by atoms with Crippen molar-refractivity contribution >= 4 is 5.96 Å². The summed E-state index contributed by atoms with van der Waals surface area (Å²) in [4.78, 5) is 6.60. The number of aliphatic imine (C=N–C) groups is 1. The Morgan fingerprint density at radius 3 is 2.95 bits per heavy atom. The van der Waals surface area contributed by atoms with Gasteiger partial charge in [0, 0.05) is 46.1 Å². The molecule has 2 heterocycles. The van der Waals surface area contributed by atoms with E-state index in [9.17, 15) is 0 Å². The van der Waals surface area contributed by atoms with Gasteiger partial charge in [-0.25, -0.2) is 0 Å². The second kappa shape index (κ2) is 7.11. The summed E-state index contributed by atoms with van der Waals surface area (Å²) in [5, 5.41) is 7.60. The highest BCUT2D eigenvalue weighted by Gasteiger charge is 2.26. The molecule has 0 saturated carbocycles. The summed E-state index contributed by atoms with van der Waals surface area (Å²) in [7, 11) is 5.44. The van der Waals surface area contributed by atoms with Gasteiger partial charge in [0.2, 0.25) is 0 Å². The lowest BCUT2D eigenvalue weighted by atomic mass is 10.1. The summed E-state index contributed by atoms with van der Waals surface area (Å²) in [5.74, 6) is 0.877. The number of ether oxygens (including phenoxy) is 2. The van der Waals surface area contributed by atoms with E-state index >= 15 is 0 Å². The highest BCUT2D eigenvalue weighted by Crippen LogP contribution is 2.21. The van der Waals surface area contributed by atoms with Crippen LogP contribution >= 0.6 is 0 Å². The minimum Gasteiger partial charge on any atom is -0.377 e. The molecule has 7 heteroatoms. The van der Waals surface area contributed by atoms with Crippen LogP contribution in [0.2, 0.25) is 0 Å². The summed E-state index contributed by atoms with van der Waals surface area (Å²) in [6.45, 7) is 7.05. The summed E-state index contributed by atoms with van der Waals surface area (Å²) in [6, 6.07) is 0. The molecule has 1 atom stereocenters. The minimum absolute atomic E-state index is 0.0245. The van der Waals surface area contributed by atoms with E-state index < -0.39 is 0 Å². The van der Waals surface area contributed by atoms with E-state index in [2.05, 4.69) is 20.3 Å². The van der Waals surface area contributed by atoms with Gasteiger partial charge >= 0.3 is 0 Å². The molecule has 0 radical (unpaired) electrons. The maximum absolute atomic E-state index is 5.87. The molecule has 22 heavy (non-hydrogen) atoms. The normalized spacial score (nSPS) is 20.3. The molecule has 124 valence electrons. The second-order valence-corrected chi connectivity index (χ2v) is 6.12. The van der Waals surface area contributed by atoms with Crippen LogP contribution in [0.15, 0.2) is 17.4 Å². The van der Waals surface area contributed by atoms with Crippen molar-refractivity contribution in [3.8, 4) is 0 Å². The zero-order valence-electron chi connectivity index (χ0n) is 14.2. The van der Waals surface area contributed by atoms with Crippen molar-refractivity contribution in [2.75, 3.05) is 40.4 Å². The van der Waals surface area contributed by atoms with E-state index in [4.69, 9.17) is 9.47 Å². The Morgan fingerprint density at radius 2 is 2.36 bits per heavy atom. The average Bonchev–Trinajstić information content (AvgIpc) is 2.95. The van der Waals surface area contributed by atoms with E-state index in [-0.39, 0.29) is 11.7 Å². The van der Waals surface area contributed by atoms with Crippen LogP contribution in [0.5, 0.6) is 0 Å². The fourth-order valence-electron chi connectivity index (χ4n) is 2.35. The Labute approximate surface area is 132 Å². The van der Waals surface area contributed by atoms with E-state index in [1.807, 2.05) is 33.3 Å². The van der Waals surface area contributed by atoms with Gasteiger partial charge in [-0.3, -0.25) is 9.67 Å². The van der Waals surface area contributed by atoms with Gasteiger partial charge < -0.3 is 19.7 Å². The molecule has 2 rings (SSSR count). The molecule has 0 amide bonds. The van der Waals surface area contributed by atoms with Crippen LogP contribution in [0, 0.1) is 0 Å². The molecule has 7 nitrogen and oxygen atoms in total. The summed E-state index contributed by atoms with van der Waals surface area (Å²) < 4.78 is 13.1. The Balaban J connectivity index is 1.98. The number of hydrogen-bond donors (Lipinski definition) is 1. The third kappa shape index (κ3) is 4.20. The van der Waals surface area contributed by atoms with Gasteiger partial charge in [0.25, 0.3) is 0 Å². The molecule has 0 spiro atoms. The lowest BCUT2D eigenvalue weighted by Crippen LogP contribution is -2.51. The number of nitrogens with one attached hydrogen (secondary N) is 1. The number of guanidine groups is 1. The van der Waals surface area contributed by atoms with Crippen molar-refractivity contribution < 1.29 is 9.47 Å². The first-order valence-electron chi connectivity index (χ1n) is 7.56. The number of nitrogens with zero attached hydrogens (tertiary/aromatic N) is 4. The van der Waals surface area contributed by atoms with Crippen molar-refractivity contribution in [3.63, 3.8) is 0 Å². The molecule has 1 saturated heterocycles. The van der Waals surface area contributed by atoms with E-state index in [0.717, 1.165) is 24.6 Å². The van der Waals surface area contributed by atoms with Gasteiger partial charge in [0.15, 0.2) is 5.96 Å². The second-order valence-electron chi connectivity index (χ2n) is 6.12. The number of rotatable bonds is 4. The lowest BCUT2D eigenvalue weighted by Gasteiger charge is -2.36. The Kier molecular flexibility index (Phi) is 5.42. The number of aryl methyl sites for hydroxylation is 1. The Morgan fingerprint density at radius 1 is 1.59 bits per heavy atom. The monoisotopic (exact) mass is 309 g/mol. The third-order valence-corrected chi connectivity index (χ3v) is 3.90. The standard InChI is InChI=1S/C15H27N5O2/c1-15(2,21-5)11-17-14(16-3)20-6-7-22-13(10-20)12-8-18-19(4)9-12/h8-9,13H,6-7,10-11H2,1-5H3,(H,16,17). The van der Waals surface area contributed by atoms with E-state index in [1.165, 1.54) is 0 Å². The summed E-state index contributed by atoms with van der Waals surface area (Å²) in [6.07, 6.45) is 3.88. The summed E-state index contributed by atoms with van der Waals surface area (Å²) >= 11 is 0. The molecule has 1 N–H and O–H groups in total. The van der Waals surface area contributed by atoms with Crippen molar-refractivity contribution in [3.05, 3.63) is 18.0 Å². The van der Waals surface area contributed by atoms with E-state index in [0.29, 0.717) is 13.2 Å². The predicted octanol–water partition coefficient (Wildman–Crippen LogP) is 0.794. The maximum atomic E-state index is 5.87. The Hall–Kier alpha value is -1.60. The first-order chi connectivity index (χ1) is 10.4. The van der Waals surface area contributed by atoms with Gasteiger partial charge in [0.05, 0.1) is 24.9 Å². The number of hydrogen-bond acceptors (Lipinski definition) is 4. The number of methoxy groups -OCH3 is 1. The molecule has 1 aliphatic rings. The zero-order valence-corrected chi connectivity index (χ0v) is 14.2. The van der Waals surface area contributed by atoms with Gasteiger partial charge in [-0.1, -0.05) is 0 Å². The van der Waals surface area contributed by atoms with Gasteiger partial charge in [-0.05, 0) is 13.8 Å². The number of morpholine rings is 1. The molecule has 0 bridgehead atoms. The molecule has 1 aromatic rings. The maximum Gasteiger partial charge on any atom is 0.193 e. The van der Waals surface area contributed by atoms with Crippen LogP contribution in [0.1, 0.15) is 25.5 Å². The van der Waals surface area contributed by atoms with Crippen LogP contribution in [-0.2, 0) is 16.5 Å². The van der Waals surface area contributed by atoms with Crippen molar-refractivity contribution in [1.29, 1.82) is 0 Å². The van der Waals surface area contributed by atoms with E-state index in [1.54, 1.807) is 18.8 Å².